The Morgan fingerprint density at radius 1 is 1.22 bits per heavy atom. The SMILES string of the molecule is O=C(NCCc1nnc2n1CCC2)C(=O)Nc1cc(C(F)(F)F)ccc1Cl. The minimum atomic E-state index is -4.59. The van der Waals surface area contributed by atoms with Crippen LogP contribution in [-0.2, 0) is 35.2 Å². The Morgan fingerprint density at radius 2 is 2.00 bits per heavy atom. The van der Waals surface area contributed by atoms with Crippen molar-refractivity contribution >= 4 is 29.1 Å². The van der Waals surface area contributed by atoms with Crippen molar-refractivity contribution in [2.45, 2.75) is 32.0 Å². The second-order valence-electron chi connectivity index (χ2n) is 5.94. The maximum absolute atomic E-state index is 12.7. The molecule has 0 bridgehead atoms. The van der Waals surface area contributed by atoms with Gasteiger partial charge in [-0.2, -0.15) is 13.2 Å². The molecule has 0 saturated heterocycles. The third-order valence-corrected chi connectivity index (χ3v) is 4.40. The van der Waals surface area contributed by atoms with Gasteiger partial charge in [-0.3, -0.25) is 9.59 Å². The van der Waals surface area contributed by atoms with E-state index in [9.17, 15) is 22.8 Å². The minimum Gasteiger partial charge on any atom is -0.347 e. The molecule has 2 amide bonds. The molecule has 2 heterocycles. The van der Waals surface area contributed by atoms with E-state index in [1.165, 1.54) is 0 Å². The highest BCUT2D eigenvalue weighted by molar-refractivity contribution is 6.41. The first-order valence-electron chi connectivity index (χ1n) is 8.12. The molecule has 0 aliphatic carbocycles. The zero-order valence-corrected chi connectivity index (χ0v) is 14.7. The van der Waals surface area contributed by atoms with Gasteiger partial charge in [-0.15, -0.1) is 10.2 Å². The summed E-state index contributed by atoms with van der Waals surface area (Å²) in [5.41, 5.74) is -1.27. The number of nitrogens with one attached hydrogen (secondary N) is 2. The van der Waals surface area contributed by atoms with E-state index in [-0.39, 0.29) is 17.3 Å². The van der Waals surface area contributed by atoms with Crippen LogP contribution in [0.1, 0.15) is 23.6 Å². The van der Waals surface area contributed by atoms with E-state index >= 15 is 0 Å². The van der Waals surface area contributed by atoms with Gasteiger partial charge in [-0.25, -0.2) is 0 Å². The first-order chi connectivity index (χ1) is 12.8. The maximum Gasteiger partial charge on any atom is 0.416 e. The Labute approximate surface area is 156 Å². The number of hydrogen-bond acceptors (Lipinski definition) is 4. The zero-order chi connectivity index (χ0) is 19.6. The van der Waals surface area contributed by atoms with Crippen LogP contribution in [0.5, 0.6) is 0 Å². The Kier molecular flexibility index (Phi) is 5.36. The molecule has 144 valence electrons. The quantitative estimate of drug-likeness (QED) is 0.769. The number of aromatic nitrogens is 3. The molecule has 0 radical (unpaired) electrons. The van der Waals surface area contributed by atoms with E-state index in [0.29, 0.717) is 18.3 Å². The zero-order valence-electron chi connectivity index (χ0n) is 13.9. The molecule has 0 unspecified atom stereocenters. The van der Waals surface area contributed by atoms with Crippen LogP contribution in [-0.4, -0.2) is 33.1 Å². The molecule has 0 saturated carbocycles. The molecule has 2 N–H and O–H groups in total. The average molecular weight is 402 g/mol. The number of rotatable bonds is 4. The normalized spacial score (nSPS) is 13.3. The molecule has 3 rings (SSSR count). The molecule has 1 aliphatic heterocycles. The summed E-state index contributed by atoms with van der Waals surface area (Å²) in [4.78, 5) is 23.8. The second kappa shape index (κ2) is 7.55. The molecule has 0 atom stereocenters. The summed E-state index contributed by atoms with van der Waals surface area (Å²) >= 11 is 5.79. The number of nitrogens with zero attached hydrogens (tertiary/aromatic N) is 3. The maximum atomic E-state index is 12.7. The van der Waals surface area contributed by atoms with Gasteiger partial charge in [-0.1, -0.05) is 11.6 Å². The third kappa shape index (κ3) is 4.38. The van der Waals surface area contributed by atoms with Gasteiger partial charge in [0.1, 0.15) is 11.6 Å². The lowest BCUT2D eigenvalue weighted by molar-refractivity contribution is -0.137. The van der Waals surface area contributed by atoms with Gasteiger partial charge >= 0.3 is 18.0 Å². The number of anilines is 1. The van der Waals surface area contributed by atoms with Gasteiger partial charge in [-0.05, 0) is 24.6 Å². The number of carbonyl (C=O) groups is 2. The molecule has 1 aromatic carbocycles. The molecule has 2 aromatic rings. The van der Waals surface area contributed by atoms with E-state index in [1.807, 2.05) is 4.57 Å². The Balaban J connectivity index is 1.55. The van der Waals surface area contributed by atoms with Crippen LogP contribution in [0, 0.1) is 0 Å². The van der Waals surface area contributed by atoms with Gasteiger partial charge in [0, 0.05) is 25.9 Å². The molecular weight excluding hydrogens is 387 g/mol. The highest BCUT2D eigenvalue weighted by Gasteiger charge is 2.31. The van der Waals surface area contributed by atoms with Crippen LogP contribution in [0.25, 0.3) is 0 Å². The monoisotopic (exact) mass is 401 g/mol. The number of hydrogen-bond donors (Lipinski definition) is 2. The number of aryl methyl sites for hydroxylation is 1. The number of fused-ring (bicyclic) bond motifs is 1. The van der Waals surface area contributed by atoms with E-state index in [4.69, 9.17) is 11.6 Å². The highest BCUT2D eigenvalue weighted by atomic mass is 35.5. The summed E-state index contributed by atoms with van der Waals surface area (Å²) in [6, 6.07) is 2.46. The van der Waals surface area contributed by atoms with E-state index in [2.05, 4.69) is 20.8 Å². The van der Waals surface area contributed by atoms with Crippen molar-refractivity contribution in [2.24, 2.45) is 0 Å². The third-order valence-electron chi connectivity index (χ3n) is 4.07. The summed E-state index contributed by atoms with van der Waals surface area (Å²) in [7, 11) is 0. The molecule has 1 aromatic heterocycles. The summed E-state index contributed by atoms with van der Waals surface area (Å²) in [6.07, 6.45) is -2.36. The summed E-state index contributed by atoms with van der Waals surface area (Å²) in [5.74, 6) is -0.482. The number of alkyl halides is 3. The molecule has 0 fully saturated rings. The van der Waals surface area contributed by atoms with Gasteiger partial charge < -0.3 is 15.2 Å². The predicted molar refractivity (Wildman–Crippen MR) is 90.1 cm³/mol. The molecule has 11 heteroatoms. The summed E-state index contributed by atoms with van der Waals surface area (Å²) in [6.45, 7) is 0.959. The lowest BCUT2D eigenvalue weighted by atomic mass is 10.2. The van der Waals surface area contributed by atoms with Crippen LogP contribution >= 0.6 is 11.6 Å². The molecule has 0 spiro atoms. The fraction of sp³-hybridized carbons (Fsp3) is 0.375. The van der Waals surface area contributed by atoms with E-state index in [1.54, 1.807) is 0 Å². The van der Waals surface area contributed by atoms with Crippen LogP contribution in [0.4, 0.5) is 18.9 Å². The topological polar surface area (TPSA) is 88.9 Å². The van der Waals surface area contributed by atoms with Crippen molar-refractivity contribution in [1.82, 2.24) is 20.1 Å². The van der Waals surface area contributed by atoms with Crippen LogP contribution in [0.3, 0.4) is 0 Å². The van der Waals surface area contributed by atoms with E-state index in [0.717, 1.165) is 37.3 Å². The minimum absolute atomic E-state index is 0.108. The Bertz CT molecular complexity index is 881. The van der Waals surface area contributed by atoms with Crippen molar-refractivity contribution < 1.29 is 22.8 Å². The van der Waals surface area contributed by atoms with Gasteiger partial charge in [0.2, 0.25) is 0 Å². The number of carbonyl (C=O) groups excluding carboxylic acids is 2. The summed E-state index contributed by atoms with van der Waals surface area (Å²) in [5, 5.41) is 12.4. The standard InChI is InChI=1S/C16H15ClF3N5O2/c17-10-4-3-9(16(18,19)20)8-11(10)22-15(27)14(26)21-6-5-13-24-23-12-2-1-7-25(12)13/h3-4,8H,1-2,5-7H2,(H,21,26)(H,22,27). The second-order valence-corrected chi connectivity index (χ2v) is 6.35. The molecule has 7 nitrogen and oxygen atoms in total. The average Bonchev–Trinajstić information content (AvgIpc) is 3.20. The van der Waals surface area contributed by atoms with Crippen LogP contribution < -0.4 is 10.6 Å². The largest absolute Gasteiger partial charge is 0.416 e. The van der Waals surface area contributed by atoms with Crippen LogP contribution in [0.2, 0.25) is 5.02 Å². The van der Waals surface area contributed by atoms with Crippen molar-refractivity contribution in [1.29, 1.82) is 0 Å². The summed E-state index contributed by atoms with van der Waals surface area (Å²) < 4.78 is 40.2. The number of benzene rings is 1. The highest BCUT2D eigenvalue weighted by Crippen LogP contribution is 2.33. The molecular formula is C16H15ClF3N5O2. The Morgan fingerprint density at radius 3 is 2.74 bits per heavy atom. The Hall–Kier alpha value is -2.62. The number of amides is 2. The molecule has 27 heavy (non-hydrogen) atoms. The van der Waals surface area contributed by atoms with Crippen molar-refractivity contribution in [3.05, 3.63) is 40.4 Å². The first kappa shape index (κ1) is 19.2. The van der Waals surface area contributed by atoms with Gasteiger partial charge in [0.25, 0.3) is 0 Å². The smallest absolute Gasteiger partial charge is 0.347 e. The fourth-order valence-electron chi connectivity index (χ4n) is 2.74. The van der Waals surface area contributed by atoms with Crippen molar-refractivity contribution in [3.8, 4) is 0 Å². The van der Waals surface area contributed by atoms with Gasteiger partial charge in [0.15, 0.2) is 0 Å². The molecule has 1 aliphatic rings. The van der Waals surface area contributed by atoms with Crippen molar-refractivity contribution in [3.63, 3.8) is 0 Å². The fourth-order valence-corrected chi connectivity index (χ4v) is 2.91. The lowest BCUT2D eigenvalue weighted by Gasteiger charge is -2.11. The van der Waals surface area contributed by atoms with Gasteiger partial charge in [0.05, 0.1) is 16.3 Å². The van der Waals surface area contributed by atoms with Crippen molar-refractivity contribution in [2.75, 3.05) is 11.9 Å². The van der Waals surface area contributed by atoms with Crippen LogP contribution in [0.15, 0.2) is 18.2 Å². The van der Waals surface area contributed by atoms with E-state index < -0.39 is 23.6 Å². The number of halogens is 4. The lowest BCUT2D eigenvalue weighted by Crippen LogP contribution is -2.36. The predicted octanol–water partition coefficient (Wildman–Crippen LogP) is 2.19. The first-order valence-corrected chi connectivity index (χ1v) is 8.50.